The molecule has 2 aromatic heterocycles. The van der Waals surface area contributed by atoms with Crippen molar-refractivity contribution in [3.63, 3.8) is 0 Å². The van der Waals surface area contributed by atoms with Crippen molar-refractivity contribution in [2.24, 2.45) is 5.41 Å². The number of nitrogens with zero attached hydrogens (tertiary/aromatic N) is 2. The Balaban J connectivity index is 1.34. The van der Waals surface area contributed by atoms with Gasteiger partial charge in [-0.05, 0) is 62.4 Å². The molecule has 2 fully saturated rings. The summed E-state index contributed by atoms with van der Waals surface area (Å²) in [5.74, 6) is 2.05. The molecule has 0 radical (unpaired) electrons. The van der Waals surface area contributed by atoms with Crippen LogP contribution in [-0.2, 0) is 11.3 Å². The molecule has 1 spiro atoms. The van der Waals surface area contributed by atoms with E-state index in [0.717, 1.165) is 56.2 Å². The van der Waals surface area contributed by atoms with Gasteiger partial charge in [-0.25, -0.2) is 0 Å². The van der Waals surface area contributed by atoms with Crippen LogP contribution in [0.5, 0.6) is 0 Å². The molecule has 0 aromatic carbocycles. The molecule has 0 atom stereocenters. The third kappa shape index (κ3) is 3.24. The van der Waals surface area contributed by atoms with E-state index in [1.54, 1.807) is 6.20 Å². The molecule has 0 saturated carbocycles. The highest BCUT2D eigenvalue weighted by Crippen LogP contribution is 2.40. The first-order valence-corrected chi connectivity index (χ1v) is 8.80. The van der Waals surface area contributed by atoms with E-state index in [2.05, 4.69) is 26.5 Å². The van der Waals surface area contributed by atoms with Crippen molar-refractivity contribution in [2.75, 3.05) is 19.6 Å². The molecule has 6 heteroatoms. The molecule has 1 amide bonds. The van der Waals surface area contributed by atoms with Gasteiger partial charge in [0.25, 0.3) is 0 Å². The number of nitrogens with one attached hydrogen (secondary N) is 2. The predicted octanol–water partition coefficient (Wildman–Crippen LogP) is 2.55. The van der Waals surface area contributed by atoms with Crippen LogP contribution in [0, 0.1) is 5.41 Å². The molecule has 128 valence electrons. The van der Waals surface area contributed by atoms with Crippen molar-refractivity contribution in [2.45, 2.75) is 38.6 Å². The lowest BCUT2D eigenvalue weighted by Gasteiger charge is -2.41. The van der Waals surface area contributed by atoms with Gasteiger partial charge in [-0.3, -0.25) is 14.8 Å². The number of aromatic amines is 1. The third-order valence-corrected chi connectivity index (χ3v) is 5.58. The summed E-state index contributed by atoms with van der Waals surface area (Å²) < 4.78 is 5.93. The average molecular weight is 328 g/mol. The molecular weight excluding hydrogens is 304 g/mol. The summed E-state index contributed by atoms with van der Waals surface area (Å²) in [6.07, 6.45) is 6.93. The second kappa shape index (κ2) is 6.43. The summed E-state index contributed by atoms with van der Waals surface area (Å²) in [6.45, 7) is 3.84. The van der Waals surface area contributed by atoms with Crippen molar-refractivity contribution >= 4 is 5.91 Å². The molecule has 4 rings (SSSR count). The van der Waals surface area contributed by atoms with E-state index in [1.807, 2.05) is 12.1 Å². The number of carbonyl (C=O) groups is 1. The maximum absolute atomic E-state index is 11.6. The molecule has 2 aliphatic rings. The molecule has 0 aliphatic carbocycles. The van der Waals surface area contributed by atoms with Crippen molar-refractivity contribution in [1.29, 1.82) is 0 Å². The highest BCUT2D eigenvalue weighted by molar-refractivity contribution is 5.76. The van der Waals surface area contributed by atoms with E-state index in [-0.39, 0.29) is 5.91 Å². The largest absolute Gasteiger partial charge is 0.458 e. The fraction of sp³-hybridized carbons (Fsp3) is 0.556. The van der Waals surface area contributed by atoms with Crippen molar-refractivity contribution in [1.82, 2.24) is 20.4 Å². The number of rotatable bonds is 3. The summed E-state index contributed by atoms with van der Waals surface area (Å²) >= 11 is 0. The molecule has 0 bridgehead atoms. The van der Waals surface area contributed by atoms with E-state index >= 15 is 0 Å². The van der Waals surface area contributed by atoms with E-state index in [4.69, 9.17) is 4.42 Å². The quantitative estimate of drug-likeness (QED) is 0.908. The highest BCUT2D eigenvalue weighted by Gasteiger charge is 2.36. The summed E-state index contributed by atoms with van der Waals surface area (Å²) in [5, 5.41) is 9.90. The second-order valence-electron chi connectivity index (χ2n) is 7.11. The van der Waals surface area contributed by atoms with E-state index < -0.39 is 0 Å². The molecule has 24 heavy (non-hydrogen) atoms. The molecule has 6 nitrogen and oxygen atoms in total. The lowest BCUT2D eigenvalue weighted by molar-refractivity contribution is -0.121. The zero-order chi connectivity index (χ0) is 16.4. The number of likely N-dealkylation sites (tertiary alicyclic amines) is 1. The Morgan fingerprint density at radius 1 is 1.17 bits per heavy atom. The summed E-state index contributed by atoms with van der Waals surface area (Å²) in [7, 11) is 0. The Morgan fingerprint density at radius 3 is 2.83 bits per heavy atom. The molecule has 4 heterocycles. The van der Waals surface area contributed by atoms with E-state index in [1.165, 1.54) is 12.8 Å². The normalized spacial score (nSPS) is 21.6. The van der Waals surface area contributed by atoms with Crippen LogP contribution in [0.3, 0.4) is 0 Å². The first-order valence-electron chi connectivity index (χ1n) is 8.80. The minimum absolute atomic E-state index is 0.219. The number of aromatic nitrogens is 2. The van der Waals surface area contributed by atoms with Crippen molar-refractivity contribution in [3.8, 4) is 11.5 Å². The molecule has 2 N–H and O–H groups in total. The SMILES string of the molecule is O=C1CCC2(CCN1)CCN(Cc1ccc(-c3ccn[nH]3)o1)CC2. The number of carbonyl (C=O) groups excluding carboxylic acids is 1. The molecule has 0 unspecified atom stereocenters. The van der Waals surface area contributed by atoms with E-state index in [9.17, 15) is 4.79 Å². The van der Waals surface area contributed by atoms with E-state index in [0.29, 0.717) is 11.8 Å². The van der Waals surface area contributed by atoms with Crippen LogP contribution in [0.25, 0.3) is 11.5 Å². The van der Waals surface area contributed by atoms with Gasteiger partial charge in [0.05, 0.1) is 6.54 Å². The monoisotopic (exact) mass is 328 g/mol. The van der Waals surface area contributed by atoms with Gasteiger partial charge in [-0.1, -0.05) is 0 Å². The van der Waals surface area contributed by atoms with Crippen LogP contribution in [0.2, 0.25) is 0 Å². The van der Waals surface area contributed by atoms with Crippen LogP contribution in [0.15, 0.2) is 28.8 Å². The molecule has 2 saturated heterocycles. The number of piperidine rings is 1. The van der Waals surface area contributed by atoms with Crippen LogP contribution < -0.4 is 5.32 Å². The summed E-state index contributed by atoms with van der Waals surface area (Å²) in [4.78, 5) is 14.0. The van der Waals surface area contributed by atoms with Crippen molar-refractivity contribution < 1.29 is 9.21 Å². The van der Waals surface area contributed by atoms with Gasteiger partial charge in [0.2, 0.25) is 5.91 Å². The van der Waals surface area contributed by atoms with Crippen LogP contribution >= 0.6 is 0 Å². The van der Waals surface area contributed by atoms with Gasteiger partial charge >= 0.3 is 0 Å². The lowest BCUT2D eigenvalue weighted by Crippen LogP contribution is -2.40. The fourth-order valence-electron chi connectivity index (χ4n) is 3.97. The zero-order valence-corrected chi connectivity index (χ0v) is 13.9. The second-order valence-corrected chi connectivity index (χ2v) is 7.11. The third-order valence-electron chi connectivity index (χ3n) is 5.58. The maximum Gasteiger partial charge on any atom is 0.220 e. The average Bonchev–Trinajstić information content (AvgIpc) is 3.23. The number of furan rings is 1. The summed E-state index contributed by atoms with van der Waals surface area (Å²) in [5.41, 5.74) is 1.27. The van der Waals surface area contributed by atoms with Gasteiger partial charge in [0.15, 0.2) is 5.76 Å². The Kier molecular flexibility index (Phi) is 4.14. The first kappa shape index (κ1) is 15.4. The van der Waals surface area contributed by atoms with Gasteiger partial charge in [-0.15, -0.1) is 0 Å². The number of H-pyrrole nitrogens is 1. The zero-order valence-electron chi connectivity index (χ0n) is 13.9. The topological polar surface area (TPSA) is 74.2 Å². The Hall–Kier alpha value is -2.08. The van der Waals surface area contributed by atoms with Gasteiger partial charge < -0.3 is 9.73 Å². The molecular formula is C18H24N4O2. The van der Waals surface area contributed by atoms with Crippen LogP contribution in [0.4, 0.5) is 0 Å². The maximum atomic E-state index is 11.6. The first-order chi connectivity index (χ1) is 11.7. The molecule has 2 aliphatic heterocycles. The Bertz CT molecular complexity index is 684. The Labute approximate surface area is 141 Å². The minimum Gasteiger partial charge on any atom is -0.458 e. The predicted molar refractivity (Wildman–Crippen MR) is 90.1 cm³/mol. The van der Waals surface area contributed by atoms with Crippen LogP contribution in [0.1, 0.15) is 37.9 Å². The lowest BCUT2D eigenvalue weighted by atomic mass is 9.73. The van der Waals surface area contributed by atoms with Gasteiger partial charge in [0.1, 0.15) is 11.5 Å². The minimum atomic E-state index is 0.219. The standard InChI is InChI=1S/C18H24N4O2/c23-17-3-5-18(6-10-19-17)7-11-22(12-8-18)13-14-1-2-16(24-14)15-4-9-20-21-15/h1-2,4,9H,3,5-8,10-13H2,(H,19,23)(H,20,21). The van der Waals surface area contributed by atoms with Gasteiger partial charge in [-0.2, -0.15) is 5.10 Å². The Morgan fingerprint density at radius 2 is 2.04 bits per heavy atom. The summed E-state index contributed by atoms with van der Waals surface area (Å²) in [6, 6.07) is 5.96. The molecule has 2 aromatic rings. The van der Waals surface area contributed by atoms with Gasteiger partial charge in [0, 0.05) is 19.2 Å². The number of hydrogen-bond acceptors (Lipinski definition) is 4. The number of amides is 1. The van der Waals surface area contributed by atoms with Crippen LogP contribution in [-0.4, -0.2) is 40.6 Å². The fourth-order valence-corrected chi connectivity index (χ4v) is 3.97. The van der Waals surface area contributed by atoms with Crippen molar-refractivity contribution in [3.05, 3.63) is 30.2 Å². The highest BCUT2D eigenvalue weighted by atomic mass is 16.3. The number of hydrogen-bond donors (Lipinski definition) is 2. The smallest absolute Gasteiger partial charge is 0.220 e.